The minimum atomic E-state index is -0.866. The summed E-state index contributed by atoms with van der Waals surface area (Å²) in [5, 5.41) is 12.6. The van der Waals surface area contributed by atoms with E-state index in [4.69, 9.17) is 25.2 Å². The third kappa shape index (κ3) is 15.6. The quantitative estimate of drug-likeness (QED) is 0.0240. The van der Waals surface area contributed by atoms with Crippen LogP contribution in [-0.4, -0.2) is 100 Å². The van der Waals surface area contributed by atoms with Crippen LogP contribution in [0.4, 0.5) is 15.3 Å². The Bertz CT molecular complexity index is 3340. The summed E-state index contributed by atoms with van der Waals surface area (Å²) in [6.45, 7) is 5.91. The molecule has 5 heterocycles. The number of unbranched alkanes of at least 4 members (excludes halogenated alkanes) is 2. The molecule has 0 saturated heterocycles. The number of para-hydroxylation sites is 2. The third-order valence-corrected chi connectivity index (χ3v) is 13.3. The normalized spacial score (nSPS) is 12.8. The molecule has 8 rings (SSSR count). The number of amides is 7. The molecule has 1 aliphatic heterocycles. The number of H-pyrrole nitrogens is 1. The molecule has 0 fully saturated rings. The van der Waals surface area contributed by atoms with Crippen LogP contribution in [0.1, 0.15) is 81.4 Å². The van der Waals surface area contributed by atoms with E-state index in [1.54, 1.807) is 28.8 Å². The first kappa shape index (κ1) is 56.7. The number of pyridine rings is 2. The summed E-state index contributed by atoms with van der Waals surface area (Å²) in [5.74, 6) is -1.29. The van der Waals surface area contributed by atoms with Crippen LogP contribution in [0.3, 0.4) is 0 Å². The van der Waals surface area contributed by atoms with E-state index in [-0.39, 0.29) is 81.5 Å². The largest absolute Gasteiger partial charge is 0.457 e. The van der Waals surface area contributed by atoms with Gasteiger partial charge in [-0.3, -0.25) is 38.8 Å². The lowest BCUT2D eigenvalue weighted by molar-refractivity contribution is -0.137. The number of hydrogen-bond donors (Lipinski definition) is 5. The highest BCUT2D eigenvalue weighted by atomic mass is 16.6. The number of primary amides is 1. The zero-order valence-corrected chi connectivity index (χ0v) is 44.8. The number of aromatic amines is 1. The molecule has 0 aliphatic carbocycles. The lowest BCUT2D eigenvalue weighted by Crippen LogP contribution is -2.45. The van der Waals surface area contributed by atoms with Crippen molar-refractivity contribution in [1.82, 2.24) is 50.0 Å². The number of imidazole rings is 1. The molecule has 6 N–H and O–H groups in total. The van der Waals surface area contributed by atoms with Crippen molar-refractivity contribution in [2.24, 2.45) is 17.6 Å². The minimum Gasteiger partial charge on any atom is -0.457 e. The van der Waals surface area contributed by atoms with Gasteiger partial charge >= 0.3 is 12.1 Å². The van der Waals surface area contributed by atoms with Crippen LogP contribution in [0.25, 0.3) is 28.3 Å². The van der Waals surface area contributed by atoms with Gasteiger partial charge in [0.2, 0.25) is 11.8 Å². The maximum absolute atomic E-state index is 14.4. The number of ether oxygens (including phenoxy) is 2. The number of rotatable bonds is 27. The third-order valence-electron chi connectivity index (χ3n) is 13.3. The Morgan fingerprint density at radius 1 is 0.812 bits per heavy atom. The molecule has 2 atom stereocenters. The van der Waals surface area contributed by atoms with Crippen molar-refractivity contribution in [2.75, 3.05) is 18.4 Å². The molecule has 0 unspecified atom stereocenters. The molecule has 0 radical (unpaired) electrons. The van der Waals surface area contributed by atoms with Gasteiger partial charge in [-0.25, -0.2) is 24.1 Å². The molecular weight excluding hydrogens is 1020 g/mol. The van der Waals surface area contributed by atoms with E-state index < -0.39 is 30.0 Å². The van der Waals surface area contributed by atoms with Gasteiger partial charge in [0.05, 0.1) is 36.2 Å². The molecule has 21 heteroatoms. The van der Waals surface area contributed by atoms with Gasteiger partial charge in [0.25, 0.3) is 11.8 Å². The van der Waals surface area contributed by atoms with Crippen LogP contribution < -0.4 is 26.4 Å². The summed E-state index contributed by atoms with van der Waals surface area (Å²) in [7, 11) is 0. The van der Waals surface area contributed by atoms with Crippen molar-refractivity contribution in [3.8, 4) is 34.1 Å². The highest BCUT2D eigenvalue weighted by Crippen LogP contribution is 2.32. The van der Waals surface area contributed by atoms with Crippen molar-refractivity contribution in [3.05, 3.63) is 157 Å². The van der Waals surface area contributed by atoms with Gasteiger partial charge in [-0.15, -0.1) is 0 Å². The number of imide groups is 1. The first-order chi connectivity index (χ1) is 38.7. The summed E-state index contributed by atoms with van der Waals surface area (Å²) in [5.41, 5.74) is 11.1. The van der Waals surface area contributed by atoms with Gasteiger partial charge in [0, 0.05) is 72.7 Å². The van der Waals surface area contributed by atoms with Crippen LogP contribution in [0.5, 0.6) is 11.5 Å². The monoisotopic (exact) mass is 1080 g/mol. The van der Waals surface area contributed by atoms with E-state index in [0.717, 1.165) is 16.2 Å². The summed E-state index contributed by atoms with van der Waals surface area (Å²) in [6, 6.07) is 31.4. The minimum absolute atomic E-state index is 0.00643. The number of anilines is 1. The molecule has 0 bridgehead atoms. The van der Waals surface area contributed by atoms with Gasteiger partial charge in [0.1, 0.15) is 30.3 Å². The van der Waals surface area contributed by atoms with Crippen LogP contribution in [-0.2, 0) is 48.4 Å². The number of benzene rings is 3. The lowest BCUT2D eigenvalue weighted by atomic mass is 9.89. The van der Waals surface area contributed by atoms with Gasteiger partial charge in [-0.1, -0.05) is 74.9 Å². The van der Waals surface area contributed by atoms with Crippen molar-refractivity contribution >= 4 is 52.9 Å². The Morgan fingerprint density at radius 2 is 1.57 bits per heavy atom. The number of carbonyl (C=O) groups excluding carboxylic acids is 7. The van der Waals surface area contributed by atoms with Gasteiger partial charge < -0.3 is 36.1 Å². The highest BCUT2D eigenvalue weighted by molar-refractivity contribution is 6.12. The zero-order chi connectivity index (χ0) is 56.5. The standard InChI is InChI=1S/C59H64N12O9/c1-38(2)54(68-51(73)21-8-5-11-31-70-52(74)28-29-53(70)75)47(72)32-41(16-13-30-61-58(60)77)57(76)65-44-25-22-40(23-26-44)36-79-59(78)69(33-42-15-9-10-20-48(42)80-45-17-6-4-7-18-45)35-49-66-55(43-24-27-50-62-37-63-71(50)34-43)56(67-49)46-19-12-14-39(3)64-46/h4,6-7,9-10,12,14-15,17-20,22-29,34,37-38,41,54H,5,8,11,13,16,21,30-33,35-36H2,1-3H3,(H,65,76)(H,66,67)(H,68,73)(H3,60,61,77)/t41-,54+/m1/s1. The van der Waals surface area contributed by atoms with E-state index in [2.05, 4.69) is 31.0 Å². The summed E-state index contributed by atoms with van der Waals surface area (Å²) >= 11 is 0. The number of nitrogens with two attached hydrogens (primary N) is 1. The number of Topliss-reactive ketones (excluding diaryl/α,β-unsaturated/α-hetero) is 1. The SMILES string of the molecule is Cc1cccc(-c2[nH]c(CN(Cc3ccccc3Oc3ccccc3)C(=O)OCc3ccc(NC(=O)[C@H](CCCNC(N)=O)CC(=O)[C@@H](NC(=O)CCCCCN4C(=O)C=CC4=O)C(C)C)cc3)nc2-c2ccc3ncnn3c2)n1. The number of nitrogens with one attached hydrogen (secondary N) is 4. The summed E-state index contributed by atoms with van der Waals surface area (Å²) in [6.07, 6.45) is 7.25. The topological polar surface area (TPSA) is 278 Å². The second-order valence-electron chi connectivity index (χ2n) is 19.7. The molecular formula is C59H64N12O9. The van der Waals surface area contributed by atoms with Crippen LogP contribution in [0.15, 0.2) is 134 Å². The number of urea groups is 1. The molecule has 0 saturated carbocycles. The molecule has 1 aliphatic rings. The van der Waals surface area contributed by atoms with Crippen LogP contribution in [0.2, 0.25) is 0 Å². The maximum Gasteiger partial charge on any atom is 0.410 e. The van der Waals surface area contributed by atoms with Crippen LogP contribution in [0, 0.1) is 18.8 Å². The first-order valence-corrected chi connectivity index (χ1v) is 26.5. The van der Waals surface area contributed by atoms with E-state index in [9.17, 15) is 33.6 Å². The molecule has 3 aromatic carbocycles. The summed E-state index contributed by atoms with van der Waals surface area (Å²) < 4.78 is 14.0. The number of nitrogens with zero attached hydrogens (tertiary/aromatic N) is 7. The summed E-state index contributed by atoms with van der Waals surface area (Å²) in [4.78, 5) is 111. The average molecular weight is 1090 g/mol. The number of fused-ring (bicyclic) bond motifs is 1. The highest BCUT2D eigenvalue weighted by Gasteiger charge is 2.30. The Morgan fingerprint density at radius 3 is 2.33 bits per heavy atom. The smallest absolute Gasteiger partial charge is 0.410 e. The van der Waals surface area contributed by atoms with Crippen molar-refractivity contribution in [2.45, 2.75) is 91.5 Å². The van der Waals surface area contributed by atoms with Crippen LogP contribution >= 0.6 is 0 Å². The van der Waals surface area contributed by atoms with Crippen molar-refractivity contribution in [1.29, 1.82) is 0 Å². The molecule has 7 amide bonds. The van der Waals surface area contributed by atoms with E-state index in [1.165, 1.54) is 23.4 Å². The Labute approximate surface area is 462 Å². The number of aromatic nitrogens is 6. The molecule has 7 aromatic rings. The van der Waals surface area contributed by atoms with E-state index in [0.29, 0.717) is 82.5 Å². The number of ketones is 1. The van der Waals surface area contributed by atoms with Gasteiger partial charge in [-0.05, 0) is 98.7 Å². The second-order valence-corrected chi connectivity index (χ2v) is 19.7. The van der Waals surface area contributed by atoms with E-state index >= 15 is 0 Å². The molecule has 414 valence electrons. The molecule has 4 aromatic heterocycles. The fourth-order valence-corrected chi connectivity index (χ4v) is 9.12. The number of hydrogen-bond acceptors (Lipinski definition) is 13. The lowest BCUT2D eigenvalue weighted by Gasteiger charge is -2.24. The first-order valence-electron chi connectivity index (χ1n) is 26.5. The number of aryl methyl sites for hydroxylation is 1. The maximum atomic E-state index is 14.4. The van der Waals surface area contributed by atoms with E-state index in [1.807, 2.05) is 112 Å². The Hall–Kier alpha value is -9.53. The number of carbonyl (C=O) groups is 7. The fourth-order valence-electron chi connectivity index (χ4n) is 9.12. The van der Waals surface area contributed by atoms with Gasteiger partial charge in [-0.2, -0.15) is 5.10 Å². The fraction of sp³-hybridized carbons (Fsp3) is 0.305. The Kier molecular flexibility index (Phi) is 19.3. The average Bonchev–Trinajstić information content (AvgIpc) is 4.25. The molecule has 0 spiro atoms. The predicted molar refractivity (Wildman–Crippen MR) is 297 cm³/mol. The van der Waals surface area contributed by atoms with Crippen molar-refractivity contribution in [3.63, 3.8) is 0 Å². The van der Waals surface area contributed by atoms with Crippen molar-refractivity contribution < 1.29 is 43.0 Å². The van der Waals surface area contributed by atoms with Gasteiger partial charge in [0.15, 0.2) is 11.4 Å². The zero-order valence-electron chi connectivity index (χ0n) is 44.8. The Balaban J connectivity index is 0.939. The molecule has 21 nitrogen and oxygen atoms in total. The molecule has 80 heavy (non-hydrogen) atoms. The second kappa shape index (κ2) is 27.2. The predicted octanol–water partition coefficient (Wildman–Crippen LogP) is 8.21.